The Morgan fingerprint density at radius 3 is 1.84 bits per heavy atom. The second-order valence-corrected chi connectivity index (χ2v) is 4.93. The fraction of sp³-hybridized carbons (Fsp3) is 0.150. The van der Waals surface area contributed by atoms with Gasteiger partial charge in [-0.05, 0) is 43.2 Å². The molecule has 0 spiro atoms. The molecule has 0 saturated carbocycles. The van der Waals surface area contributed by atoms with Crippen LogP contribution in [-0.4, -0.2) is 24.5 Å². The van der Waals surface area contributed by atoms with Gasteiger partial charge in [-0.2, -0.15) is 10.2 Å². The summed E-state index contributed by atoms with van der Waals surface area (Å²) in [5.74, 6) is 0. The molecule has 0 radical (unpaired) electrons. The van der Waals surface area contributed by atoms with Crippen molar-refractivity contribution < 1.29 is 0 Å². The molecule has 2 rings (SSSR count). The molecule has 132 valence electrons. The molecule has 0 fully saturated rings. The van der Waals surface area contributed by atoms with Crippen molar-refractivity contribution in [3.63, 3.8) is 0 Å². The highest BCUT2D eigenvalue weighted by atomic mass is 15.3. The van der Waals surface area contributed by atoms with E-state index in [1.54, 1.807) is 34.0 Å². The molecule has 2 aromatic rings. The monoisotopic (exact) mass is 337 g/mol. The predicted octanol–water partition coefficient (Wildman–Crippen LogP) is 5.00. The second-order valence-electron chi connectivity index (χ2n) is 4.93. The Morgan fingerprint density at radius 2 is 1.48 bits per heavy atom. The zero-order valence-corrected chi connectivity index (χ0v) is 14.3. The van der Waals surface area contributed by atoms with Crippen molar-refractivity contribution in [2.75, 3.05) is 0 Å². The molecule has 0 bridgehead atoms. The normalized spacial score (nSPS) is 10.8. The summed E-state index contributed by atoms with van der Waals surface area (Å²) in [6.45, 7) is 18.8. The van der Waals surface area contributed by atoms with Crippen LogP contribution in [0.1, 0.15) is 21.3 Å². The van der Waals surface area contributed by atoms with Crippen molar-refractivity contribution in [3.8, 4) is 0 Å². The van der Waals surface area contributed by atoms with Gasteiger partial charge in [-0.1, -0.05) is 45.9 Å². The molecule has 0 N–H and O–H groups in total. The Hall–Kier alpha value is -3.21. The number of nitrogens with zero attached hydrogens (tertiary/aromatic N) is 5. The van der Waals surface area contributed by atoms with Gasteiger partial charge in [-0.25, -0.2) is 14.3 Å². The highest BCUT2D eigenvalue weighted by Crippen LogP contribution is 2.12. The first-order valence-electron chi connectivity index (χ1n) is 7.33. The summed E-state index contributed by atoms with van der Waals surface area (Å²) in [6, 6.07) is 1.87. The third-order valence-corrected chi connectivity index (χ3v) is 2.84. The van der Waals surface area contributed by atoms with Crippen LogP contribution in [0.3, 0.4) is 0 Å². The van der Waals surface area contributed by atoms with Gasteiger partial charge in [-0.3, -0.25) is 0 Å². The van der Waals surface area contributed by atoms with E-state index in [-0.39, 0.29) is 7.43 Å². The summed E-state index contributed by atoms with van der Waals surface area (Å²) in [7, 11) is 0. The van der Waals surface area contributed by atoms with E-state index in [9.17, 15) is 0 Å². The molecule has 25 heavy (non-hydrogen) atoms. The highest BCUT2D eigenvalue weighted by molar-refractivity contribution is 5.63. The topological polar surface area (TPSA) is 48.5 Å². The van der Waals surface area contributed by atoms with E-state index in [1.807, 2.05) is 38.3 Å². The summed E-state index contributed by atoms with van der Waals surface area (Å²) in [5, 5.41) is 8.08. The molecule has 2 heterocycles. The van der Waals surface area contributed by atoms with E-state index in [0.29, 0.717) is 0 Å². The van der Waals surface area contributed by atoms with Gasteiger partial charge in [-0.15, -0.1) is 0 Å². The molecule has 0 aliphatic rings. The first kappa shape index (κ1) is 21.8. The first-order chi connectivity index (χ1) is 11.5. The lowest BCUT2D eigenvalue weighted by molar-refractivity contribution is 0.899. The Kier molecular flexibility index (Phi) is 9.89. The Morgan fingerprint density at radius 1 is 0.920 bits per heavy atom. The summed E-state index contributed by atoms with van der Waals surface area (Å²) < 4.78 is 3.42. The first-order valence-corrected chi connectivity index (χ1v) is 7.33. The molecule has 0 aliphatic heterocycles. The summed E-state index contributed by atoms with van der Waals surface area (Å²) in [5.41, 5.74) is 3.77. The smallest absolute Gasteiger partial charge is 0.138 e. The molecule has 0 amide bonds. The van der Waals surface area contributed by atoms with E-state index >= 15 is 0 Å². The van der Waals surface area contributed by atoms with Crippen molar-refractivity contribution in [2.24, 2.45) is 0 Å². The van der Waals surface area contributed by atoms with Crippen LogP contribution in [0.2, 0.25) is 0 Å². The van der Waals surface area contributed by atoms with Gasteiger partial charge in [0.1, 0.15) is 12.7 Å². The van der Waals surface area contributed by atoms with E-state index in [0.717, 1.165) is 22.5 Å². The van der Waals surface area contributed by atoms with Crippen molar-refractivity contribution in [2.45, 2.75) is 21.3 Å². The van der Waals surface area contributed by atoms with Gasteiger partial charge in [0.15, 0.2) is 0 Å². The summed E-state index contributed by atoms with van der Waals surface area (Å²) in [4.78, 5) is 3.84. The number of rotatable bonds is 6. The SMILES string of the molecule is C.C=C/C=C(\C(=C)C)n1cccn1.C=C/C=C(\C(=C)C)n1cncn1. The standard InChI is InChI=1S/C10H12N2.C9H11N3.CH4/c1-4-6-10(9(2)3)12-8-5-7-11-12;1-4-5-9(8(2)3)12-7-10-6-11-12;/h4-8H,1-2H2,3H3;4-7H,1-2H2,3H3;1H4/b10-6+;9-5+;. The van der Waals surface area contributed by atoms with Crippen molar-refractivity contribution in [3.05, 3.63) is 92.9 Å². The lowest BCUT2D eigenvalue weighted by atomic mass is 10.2. The number of hydrogen-bond acceptors (Lipinski definition) is 3. The predicted molar refractivity (Wildman–Crippen MR) is 108 cm³/mol. The van der Waals surface area contributed by atoms with Gasteiger partial charge in [0, 0.05) is 12.4 Å². The molecule has 5 heteroatoms. The van der Waals surface area contributed by atoms with E-state index in [4.69, 9.17) is 0 Å². The Bertz CT molecular complexity index is 678. The zero-order chi connectivity index (χ0) is 17.9. The average molecular weight is 337 g/mol. The van der Waals surface area contributed by atoms with Crippen molar-refractivity contribution in [1.82, 2.24) is 24.5 Å². The molecule has 0 aromatic carbocycles. The molecule has 0 aliphatic carbocycles. The Balaban J connectivity index is 0.000000443. The van der Waals surface area contributed by atoms with Gasteiger partial charge >= 0.3 is 0 Å². The number of aromatic nitrogens is 5. The number of hydrogen-bond donors (Lipinski definition) is 0. The molecule has 0 saturated heterocycles. The quantitative estimate of drug-likeness (QED) is 0.697. The second kappa shape index (κ2) is 11.3. The maximum absolute atomic E-state index is 4.10. The molecule has 0 atom stereocenters. The van der Waals surface area contributed by atoms with E-state index < -0.39 is 0 Å². The van der Waals surface area contributed by atoms with E-state index in [1.165, 1.54) is 6.33 Å². The van der Waals surface area contributed by atoms with Crippen LogP contribution >= 0.6 is 0 Å². The van der Waals surface area contributed by atoms with Crippen LogP contribution < -0.4 is 0 Å². The van der Waals surface area contributed by atoms with Gasteiger partial charge < -0.3 is 0 Å². The van der Waals surface area contributed by atoms with Crippen molar-refractivity contribution >= 4 is 11.4 Å². The van der Waals surface area contributed by atoms with Crippen LogP contribution in [0.4, 0.5) is 0 Å². The maximum Gasteiger partial charge on any atom is 0.138 e. The van der Waals surface area contributed by atoms with Gasteiger partial charge in [0.05, 0.1) is 11.4 Å². The van der Waals surface area contributed by atoms with Crippen LogP contribution in [0.5, 0.6) is 0 Å². The van der Waals surface area contributed by atoms with Crippen LogP contribution in [0.15, 0.2) is 92.9 Å². The van der Waals surface area contributed by atoms with Crippen LogP contribution in [0, 0.1) is 0 Å². The average Bonchev–Trinajstić information content (AvgIpc) is 3.23. The zero-order valence-electron chi connectivity index (χ0n) is 14.3. The third-order valence-electron chi connectivity index (χ3n) is 2.84. The highest BCUT2D eigenvalue weighted by Gasteiger charge is 1.99. The fourth-order valence-electron chi connectivity index (χ4n) is 1.80. The number of allylic oxidation sites excluding steroid dienone is 8. The molecular formula is C20H27N5. The fourth-order valence-corrected chi connectivity index (χ4v) is 1.80. The maximum atomic E-state index is 4.10. The minimum Gasteiger partial charge on any atom is -0.241 e. The molecular weight excluding hydrogens is 310 g/mol. The third kappa shape index (κ3) is 6.83. The summed E-state index contributed by atoms with van der Waals surface area (Å²) >= 11 is 0. The molecule has 0 unspecified atom stereocenters. The van der Waals surface area contributed by atoms with Crippen LogP contribution in [-0.2, 0) is 0 Å². The summed E-state index contributed by atoms with van der Waals surface area (Å²) in [6.07, 6.45) is 13.9. The van der Waals surface area contributed by atoms with Crippen molar-refractivity contribution in [1.29, 1.82) is 0 Å². The minimum atomic E-state index is 0. The largest absolute Gasteiger partial charge is 0.241 e. The van der Waals surface area contributed by atoms with E-state index in [2.05, 4.69) is 41.5 Å². The lowest BCUT2D eigenvalue weighted by Gasteiger charge is -2.04. The van der Waals surface area contributed by atoms with Gasteiger partial charge in [0.2, 0.25) is 0 Å². The Labute approximate surface area is 150 Å². The van der Waals surface area contributed by atoms with Crippen LogP contribution in [0.25, 0.3) is 11.4 Å². The molecule has 5 nitrogen and oxygen atoms in total. The molecule has 2 aromatic heterocycles. The van der Waals surface area contributed by atoms with Gasteiger partial charge in [0.25, 0.3) is 0 Å². The minimum absolute atomic E-state index is 0. The lowest BCUT2D eigenvalue weighted by Crippen LogP contribution is -1.97.